The molecule has 0 saturated carbocycles. The van der Waals surface area contributed by atoms with Crippen LogP contribution in [0.5, 0.6) is 0 Å². The molecule has 3 heteroatoms. The number of benzene rings is 1. The van der Waals surface area contributed by atoms with E-state index in [1.54, 1.807) is 0 Å². The van der Waals surface area contributed by atoms with Gasteiger partial charge in [0.05, 0.1) is 19.2 Å². The Labute approximate surface area is 142 Å². The van der Waals surface area contributed by atoms with Gasteiger partial charge in [0.15, 0.2) is 0 Å². The lowest BCUT2D eigenvalue weighted by molar-refractivity contribution is 0.243. The fourth-order valence-electron chi connectivity index (χ4n) is 2.52. The molecular formula is C20H32N2O. The van der Waals surface area contributed by atoms with E-state index in [-0.39, 0.29) is 12.6 Å². The van der Waals surface area contributed by atoms with Crippen molar-refractivity contribution in [2.75, 3.05) is 26.2 Å². The summed E-state index contributed by atoms with van der Waals surface area (Å²) in [5, 5.41) is 12.8. The summed E-state index contributed by atoms with van der Waals surface area (Å²) in [6, 6.07) is 10.0. The zero-order chi connectivity index (χ0) is 17.1. The van der Waals surface area contributed by atoms with Crippen molar-refractivity contribution < 1.29 is 5.11 Å². The summed E-state index contributed by atoms with van der Waals surface area (Å²) in [6.45, 7) is 12.6. The van der Waals surface area contributed by atoms with Crippen LogP contribution < -0.4 is 5.32 Å². The zero-order valence-corrected chi connectivity index (χ0v) is 15.0. The lowest BCUT2D eigenvalue weighted by Gasteiger charge is -2.23. The largest absolute Gasteiger partial charge is 0.394 e. The van der Waals surface area contributed by atoms with Crippen LogP contribution in [0.3, 0.4) is 0 Å². The molecule has 1 unspecified atom stereocenters. The first-order chi connectivity index (χ1) is 11.0. The molecule has 0 heterocycles. The van der Waals surface area contributed by atoms with Gasteiger partial charge in [0.1, 0.15) is 0 Å². The molecule has 0 spiro atoms. The van der Waals surface area contributed by atoms with Gasteiger partial charge in [-0.25, -0.2) is 0 Å². The molecule has 23 heavy (non-hydrogen) atoms. The summed E-state index contributed by atoms with van der Waals surface area (Å²) in [5.74, 6) is 7.68. The van der Waals surface area contributed by atoms with Crippen molar-refractivity contribution in [1.29, 1.82) is 0 Å². The smallest absolute Gasteiger partial charge is 0.0926 e. The average Bonchev–Trinajstić information content (AvgIpc) is 2.50. The number of rotatable bonds is 9. The van der Waals surface area contributed by atoms with E-state index in [1.165, 1.54) is 5.56 Å². The second-order valence-corrected chi connectivity index (χ2v) is 6.90. The topological polar surface area (TPSA) is 35.5 Å². The molecular weight excluding hydrogens is 284 g/mol. The van der Waals surface area contributed by atoms with Crippen molar-refractivity contribution in [3.05, 3.63) is 35.9 Å². The van der Waals surface area contributed by atoms with Gasteiger partial charge in [0, 0.05) is 19.6 Å². The van der Waals surface area contributed by atoms with Gasteiger partial charge in [-0.15, -0.1) is 0 Å². The molecule has 0 fully saturated rings. The summed E-state index contributed by atoms with van der Waals surface area (Å²) >= 11 is 0. The van der Waals surface area contributed by atoms with Gasteiger partial charge in [0.2, 0.25) is 0 Å². The Bertz CT molecular complexity index is 463. The number of aliphatic hydroxyl groups is 1. The predicted molar refractivity (Wildman–Crippen MR) is 98.0 cm³/mol. The fourth-order valence-corrected chi connectivity index (χ4v) is 2.52. The van der Waals surface area contributed by atoms with Gasteiger partial charge in [-0.2, -0.15) is 0 Å². The maximum Gasteiger partial charge on any atom is 0.0926 e. The normalized spacial score (nSPS) is 12.5. The Morgan fingerprint density at radius 2 is 1.65 bits per heavy atom. The average molecular weight is 316 g/mol. The zero-order valence-electron chi connectivity index (χ0n) is 15.0. The Morgan fingerprint density at radius 3 is 2.17 bits per heavy atom. The van der Waals surface area contributed by atoms with Crippen LogP contribution in [0.15, 0.2) is 30.3 Å². The molecule has 1 aromatic carbocycles. The first-order valence-electron chi connectivity index (χ1n) is 8.60. The molecule has 0 amide bonds. The monoisotopic (exact) mass is 316 g/mol. The van der Waals surface area contributed by atoms with Gasteiger partial charge < -0.3 is 5.11 Å². The molecule has 128 valence electrons. The molecule has 0 saturated heterocycles. The number of hydrogen-bond donors (Lipinski definition) is 2. The molecule has 0 aliphatic carbocycles. The number of aliphatic hydroxyl groups excluding tert-OH is 1. The third-order valence-electron chi connectivity index (χ3n) is 3.40. The van der Waals surface area contributed by atoms with E-state index in [0.717, 1.165) is 26.2 Å². The van der Waals surface area contributed by atoms with E-state index in [9.17, 15) is 5.11 Å². The van der Waals surface area contributed by atoms with E-state index in [2.05, 4.69) is 61.9 Å². The van der Waals surface area contributed by atoms with Gasteiger partial charge in [-0.05, 0) is 17.4 Å². The minimum absolute atomic E-state index is 0.0359. The molecule has 0 bridgehead atoms. The van der Waals surface area contributed by atoms with Crippen LogP contribution in [-0.2, 0) is 6.54 Å². The molecule has 1 aromatic rings. The summed E-state index contributed by atoms with van der Waals surface area (Å²) in [5.41, 5.74) is 1.20. The predicted octanol–water partition coefficient (Wildman–Crippen LogP) is 2.75. The maximum atomic E-state index is 9.48. The number of nitrogens with zero attached hydrogens (tertiary/aromatic N) is 1. The van der Waals surface area contributed by atoms with Crippen LogP contribution in [0.25, 0.3) is 0 Å². The minimum Gasteiger partial charge on any atom is -0.394 e. The molecule has 0 aromatic heterocycles. The van der Waals surface area contributed by atoms with E-state index in [1.807, 2.05) is 18.2 Å². The number of nitrogens with one attached hydrogen (secondary N) is 1. The molecule has 0 aliphatic heterocycles. The van der Waals surface area contributed by atoms with Crippen LogP contribution in [0, 0.1) is 23.7 Å². The van der Waals surface area contributed by atoms with Crippen LogP contribution in [0.4, 0.5) is 0 Å². The van der Waals surface area contributed by atoms with Crippen molar-refractivity contribution in [2.24, 2.45) is 11.8 Å². The van der Waals surface area contributed by atoms with Gasteiger partial charge in [-0.3, -0.25) is 10.2 Å². The fraction of sp³-hybridized carbons (Fsp3) is 0.600. The van der Waals surface area contributed by atoms with Crippen molar-refractivity contribution >= 4 is 0 Å². The van der Waals surface area contributed by atoms with E-state index in [0.29, 0.717) is 11.8 Å². The summed E-state index contributed by atoms with van der Waals surface area (Å²) < 4.78 is 0. The lowest BCUT2D eigenvalue weighted by atomic mass is 10.1. The van der Waals surface area contributed by atoms with E-state index < -0.39 is 0 Å². The highest BCUT2D eigenvalue weighted by atomic mass is 16.3. The number of hydrogen-bond acceptors (Lipinski definition) is 3. The quantitative estimate of drug-likeness (QED) is 0.688. The second kappa shape index (κ2) is 11.2. The maximum absolute atomic E-state index is 9.48. The molecule has 1 rings (SSSR count). The summed E-state index contributed by atoms with van der Waals surface area (Å²) in [7, 11) is 0. The lowest BCUT2D eigenvalue weighted by Crippen LogP contribution is -2.33. The van der Waals surface area contributed by atoms with Crippen LogP contribution >= 0.6 is 0 Å². The van der Waals surface area contributed by atoms with E-state index >= 15 is 0 Å². The Morgan fingerprint density at radius 1 is 1.04 bits per heavy atom. The molecule has 1 atom stereocenters. The molecule has 0 radical (unpaired) electrons. The molecule has 0 aliphatic rings. The highest BCUT2D eigenvalue weighted by Gasteiger charge is 2.08. The Balaban J connectivity index is 2.48. The van der Waals surface area contributed by atoms with Crippen molar-refractivity contribution in [2.45, 2.75) is 40.3 Å². The first kappa shape index (κ1) is 19.7. The third kappa shape index (κ3) is 9.40. The minimum atomic E-state index is -0.171. The van der Waals surface area contributed by atoms with Crippen LogP contribution in [0.1, 0.15) is 33.3 Å². The van der Waals surface area contributed by atoms with Crippen LogP contribution in [0.2, 0.25) is 0 Å². The molecule has 2 N–H and O–H groups in total. The summed E-state index contributed by atoms with van der Waals surface area (Å²) in [6.07, 6.45) is 0. The van der Waals surface area contributed by atoms with Crippen molar-refractivity contribution in [1.82, 2.24) is 10.2 Å². The third-order valence-corrected chi connectivity index (χ3v) is 3.40. The SMILES string of the molecule is CC(C)CN(CC#CC(CO)NCc1ccccc1)CC(C)C. The highest BCUT2D eigenvalue weighted by Crippen LogP contribution is 2.03. The van der Waals surface area contributed by atoms with Gasteiger partial charge in [0.25, 0.3) is 0 Å². The Kier molecular flexibility index (Phi) is 9.63. The Hall–Kier alpha value is -1.34. The van der Waals surface area contributed by atoms with Crippen molar-refractivity contribution in [3.8, 4) is 11.8 Å². The van der Waals surface area contributed by atoms with Crippen molar-refractivity contribution in [3.63, 3.8) is 0 Å². The first-order valence-corrected chi connectivity index (χ1v) is 8.60. The van der Waals surface area contributed by atoms with E-state index in [4.69, 9.17) is 0 Å². The standard InChI is InChI=1S/C20H32N2O/c1-17(2)14-22(15-18(3)4)12-8-11-20(16-23)21-13-19-9-6-5-7-10-19/h5-7,9-10,17-18,20-21,23H,12-16H2,1-4H3. The van der Waals surface area contributed by atoms with Gasteiger partial charge >= 0.3 is 0 Å². The molecule has 3 nitrogen and oxygen atoms in total. The van der Waals surface area contributed by atoms with Gasteiger partial charge in [-0.1, -0.05) is 69.9 Å². The highest BCUT2D eigenvalue weighted by molar-refractivity contribution is 5.16. The summed E-state index contributed by atoms with van der Waals surface area (Å²) in [4.78, 5) is 2.40. The van der Waals surface area contributed by atoms with Crippen LogP contribution in [-0.4, -0.2) is 42.3 Å². The second-order valence-electron chi connectivity index (χ2n) is 6.90.